The van der Waals surface area contributed by atoms with Crippen molar-refractivity contribution in [2.45, 2.75) is 25.7 Å². The van der Waals surface area contributed by atoms with E-state index in [4.69, 9.17) is 9.56 Å². The molecule has 11 heteroatoms. The topological polar surface area (TPSA) is 119 Å². The monoisotopic (exact) mass is 428 g/mol. The van der Waals surface area contributed by atoms with E-state index in [1.165, 1.54) is 12.3 Å². The summed E-state index contributed by atoms with van der Waals surface area (Å²) in [6.45, 7) is 1.19. The molecule has 1 unspecified atom stereocenters. The van der Waals surface area contributed by atoms with E-state index in [1.807, 2.05) is 0 Å². The van der Waals surface area contributed by atoms with Crippen LogP contribution in [0.5, 0.6) is 0 Å². The Morgan fingerprint density at radius 1 is 1.34 bits per heavy atom. The highest BCUT2D eigenvalue weighted by atomic mass is 32.2. The molecule has 1 aliphatic rings. The number of benzene rings is 1. The molecule has 8 nitrogen and oxygen atoms in total. The van der Waals surface area contributed by atoms with Crippen LogP contribution in [0.2, 0.25) is 0 Å². The Balaban J connectivity index is 1.55. The quantitative estimate of drug-likeness (QED) is 0.694. The highest BCUT2D eigenvalue weighted by Gasteiger charge is 2.24. The molecule has 0 saturated carbocycles. The van der Waals surface area contributed by atoms with Gasteiger partial charge in [-0.3, -0.25) is 4.79 Å². The largest absolute Gasteiger partial charge is 0.441 e. The molecule has 1 aromatic carbocycles. The van der Waals surface area contributed by atoms with Crippen molar-refractivity contribution in [3.8, 4) is 11.3 Å². The van der Waals surface area contributed by atoms with Crippen LogP contribution in [0.4, 0.5) is 8.78 Å². The summed E-state index contributed by atoms with van der Waals surface area (Å²) < 4.78 is 57.4. The van der Waals surface area contributed by atoms with Crippen LogP contribution in [-0.2, 0) is 21.4 Å². The van der Waals surface area contributed by atoms with E-state index >= 15 is 0 Å². The second-order valence-corrected chi connectivity index (χ2v) is 8.34. The Morgan fingerprint density at radius 3 is 2.76 bits per heavy atom. The number of carbonyl (C=O) groups excluding carboxylic acids is 1. The Bertz CT molecular complexity index is 960. The van der Waals surface area contributed by atoms with Crippen LogP contribution in [0.25, 0.3) is 11.3 Å². The lowest BCUT2D eigenvalue weighted by atomic mass is 9.98. The summed E-state index contributed by atoms with van der Waals surface area (Å²) in [5.41, 5.74) is -0.293. The number of aryl methyl sites for hydroxylation is 1. The van der Waals surface area contributed by atoms with Gasteiger partial charge in [-0.2, -0.15) is 8.42 Å². The fraction of sp³-hybridized carbons (Fsp3) is 0.444. The molecule has 2 aromatic rings. The number of carbonyl (C=O) groups is 1. The minimum atomic E-state index is -3.76. The summed E-state index contributed by atoms with van der Waals surface area (Å²) in [5.74, 6) is -1.46. The van der Waals surface area contributed by atoms with E-state index < -0.39 is 21.8 Å². The molecule has 1 aliphatic heterocycles. The van der Waals surface area contributed by atoms with Crippen molar-refractivity contribution < 1.29 is 26.4 Å². The third-order valence-electron chi connectivity index (χ3n) is 4.76. The first-order valence-corrected chi connectivity index (χ1v) is 10.7. The smallest absolute Gasteiger partial charge is 0.274 e. The van der Waals surface area contributed by atoms with Crippen molar-refractivity contribution in [3.63, 3.8) is 0 Å². The van der Waals surface area contributed by atoms with E-state index in [2.05, 4.69) is 9.71 Å². The zero-order valence-corrected chi connectivity index (χ0v) is 16.4. The van der Waals surface area contributed by atoms with Crippen molar-refractivity contribution in [1.82, 2.24) is 14.6 Å². The van der Waals surface area contributed by atoms with Gasteiger partial charge in [0, 0.05) is 32.5 Å². The van der Waals surface area contributed by atoms with Crippen LogP contribution in [0.15, 0.2) is 28.8 Å². The molecular formula is C18H22F2N4O4S. The van der Waals surface area contributed by atoms with E-state index in [1.54, 1.807) is 4.90 Å². The SMILES string of the molecule is NS(=O)(=O)NCC1CCCN(C(=O)CCc2ncc(-c3c(F)cccc3F)o2)C1. The van der Waals surface area contributed by atoms with Gasteiger partial charge in [0.2, 0.25) is 5.91 Å². The van der Waals surface area contributed by atoms with Crippen molar-refractivity contribution in [3.05, 3.63) is 41.9 Å². The fourth-order valence-electron chi connectivity index (χ4n) is 3.34. The zero-order valence-electron chi connectivity index (χ0n) is 15.6. The maximum atomic E-state index is 13.8. The van der Waals surface area contributed by atoms with Crippen LogP contribution < -0.4 is 9.86 Å². The number of nitrogens with one attached hydrogen (secondary N) is 1. The first-order valence-electron chi connectivity index (χ1n) is 9.17. The molecule has 0 spiro atoms. The molecule has 1 saturated heterocycles. The second kappa shape index (κ2) is 8.97. The maximum absolute atomic E-state index is 13.8. The first kappa shape index (κ1) is 21.3. The Kier molecular flexibility index (Phi) is 6.60. The minimum absolute atomic E-state index is 0.0107. The lowest BCUT2D eigenvalue weighted by Crippen LogP contribution is -2.44. The van der Waals surface area contributed by atoms with E-state index in [0.29, 0.717) is 13.1 Å². The molecule has 2 heterocycles. The number of aromatic nitrogens is 1. The number of hydrogen-bond acceptors (Lipinski definition) is 5. The van der Waals surface area contributed by atoms with Gasteiger partial charge in [0.25, 0.3) is 10.2 Å². The highest BCUT2D eigenvalue weighted by molar-refractivity contribution is 7.87. The molecule has 1 atom stereocenters. The van der Waals surface area contributed by atoms with E-state index in [0.717, 1.165) is 25.0 Å². The standard InChI is InChI=1S/C18H22F2N4O4S/c19-13-4-1-5-14(20)18(13)15-10-22-16(28-15)6-7-17(25)24-8-2-3-12(11-24)9-23-29(21,26)27/h1,4-5,10,12,23H,2-3,6-9,11H2,(H2,21,26,27). The number of nitrogens with zero attached hydrogens (tertiary/aromatic N) is 2. The molecule has 0 radical (unpaired) electrons. The highest BCUT2D eigenvalue weighted by Crippen LogP contribution is 2.27. The van der Waals surface area contributed by atoms with Gasteiger partial charge in [0.1, 0.15) is 11.6 Å². The second-order valence-electron chi connectivity index (χ2n) is 6.96. The molecule has 0 aliphatic carbocycles. The van der Waals surface area contributed by atoms with E-state index in [-0.39, 0.29) is 48.4 Å². The average molecular weight is 428 g/mol. The Morgan fingerprint density at radius 2 is 2.07 bits per heavy atom. The van der Waals surface area contributed by atoms with Crippen LogP contribution in [0.1, 0.15) is 25.2 Å². The summed E-state index contributed by atoms with van der Waals surface area (Å²) in [6, 6.07) is 3.51. The molecule has 29 heavy (non-hydrogen) atoms. The number of likely N-dealkylation sites (tertiary alicyclic amines) is 1. The number of amides is 1. The number of hydrogen-bond donors (Lipinski definition) is 2. The molecule has 1 aromatic heterocycles. The summed E-state index contributed by atoms with van der Waals surface area (Å²) in [6.07, 6.45) is 3.10. The molecular weight excluding hydrogens is 406 g/mol. The van der Waals surface area contributed by atoms with Gasteiger partial charge in [-0.1, -0.05) is 6.07 Å². The zero-order chi connectivity index (χ0) is 21.0. The Hall–Kier alpha value is -2.37. The summed E-state index contributed by atoms with van der Waals surface area (Å²) in [4.78, 5) is 18.1. The van der Waals surface area contributed by atoms with Gasteiger partial charge in [0.05, 0.1) is 11.8 Å². The van der Waals surface area contributed by atoms with Crippen LogP contribution in [0.3, 0.4) is 0 Å². The van der Waals surface area contributed by atoms with Gasteiger partial charge in [0.15, 0.2) is 11.7 Å². The average Bonchev–Trinajstić information content (AvgIpc) is 3.12. The third-order valence-corrected chi connectivity index (χ3v) is 5.33. The van der Waals surface area contributed by atoms with Gasteiger partial charge in [-0.05, 0) is 30.9 Å². The number of piperidine rings is 1. The molecule has 3 N–H and O–H groups in total. The normalized spacial score (nSPS) is 17.5. The van der Waals surface area contributed by atoms with Gasteiger partial charge in [-0.25, -0.2) is 23.6 Å². The molecule has 158 valence electrons. The first-order chi connectivity index (χ1) is 13.7. The fourth-order valence-corrected chi connectivity index (χ4v) is 3.81. The Labute approximate surface area is 167 Å². The van der Waals surface area contributed by atoms with Crippen molar-refractivity contribution in [1.29, 1.82) is 0 Å². The minimum Gasteiger partial charge on any atom is -0.441 e. The van der Waals surface area contributed by atoms with Crippen molar-refractivity contribution in [2.24, 2.45) is 11.1 Å². The lowest BCUT2D eigenvalue weighted by Gasteiger charge is -2.32. The van der Waals surface area contributed by atoms with Crippen LogP contribution in [-0.4, -0.2) is 43.8 Å². The maximum Gasteiger partial charge on any atom is 0.274 e. The summed E-state index contributed by atoms with van der Waals surface area (Å²) >= 11 is 0. The number of oxazole rings is 1. The summed E-state index contributed by atoms with van der Waals surface area (Å²) in [5, 5.41) is 4.94. The molecule has 1 amide bonds. The number of halogens is 2. The van der Waals surface area contributed by atoms with Crippen molar-refractivity contribution in [2.75, 3.05) is 19.6 Å². The third kappa shape index (κ3) is 5.81. The van der Waals surface area contributed by atoms with Gasteiger partial charge >= 0.3 is 0 Å². The summed E-state index contributed by atoms with van der Waals surface area (Å²) in [7, 11) is -3.76. The van der Waals surface area contributed by atoms with Gasteiger partial charge in [-0.15, -0.1) is 0 Å². The van der Waals surface area contributed by atoms with Crippen molar-refractivity contribution >= 4 is 16.1 Å². The lowest BCUT2D eigenvalue weighted by molar-refractivity contribution is -0.133. The molecule has 0 bridgehead atoms. The predicted octanol–water partition coefficient (Wildman–Crippen LogP) is 1.58. The number of nitrogens with two attached hydrogens (primary N) is 1. The molecule has 3 rings (SSSR count). The van der Waals surface area contributed by atoms with Crippen LogP contribution >= 0.6 is 0 Å². The van der Waals surface area contributed by atoms with Gasteiger partial charge < -0.3 is 9.32 Å². The molecule has 1 fully saturated rings. The van der Waals surface area contributed by atoms with Crippen LogP contribution in [0, 0.1) is 17.6 Å². The predicted molar refractivity (Wildman–Crippen MR) is 101 cm³/mol. The van der Waals surface area contributed by atoms with E-state index in [9.17, 15) is 22.0 Å². The number of rotatable bonds is 7.